The fraction of sp³-hybridized carbons (Fsp3) is 0.200. The van der Waals surface area contributed by atoms with Crippen molar-refractivity contribution in [3.63, 3.8) is 0 Å². The Kier molecular flexibility index (Phi) is 4.12. The zero-order valence-corrected chi connectivity index (χ0v) is 10.5. The number of anilines is 1. The second-order valence-electron chi connectivity index (χ2n) is 4.39. The van der Waals surface area contributed by atoms with Gasteiger partial charge in [0.25, 0.3) is 0 Å². The molecule has 0 aliphatic rings. The van der Waals surface area contributed by atoms with Crippen molar-refractivity contribution in [3.05, 3.63) is 65.2 Å². The first-order valence-electron chi connectivity index (χ1n) is 5.99. The van der Waals surface area contributed by atoms with Crippen molar-refractivity contribution in [2.75, 3.05) is 11.9 Å². The standard InChI is InChI=1S/C15H15F2NO/c1-10-8-12(17)4-7-14(10)15(9-19)18-13-5-2-11(16)3-6-13/h2-8,15,18-19H,9H2,1H3. The van der Waals surface area contributed by atoms with Crippen LogP contribution in [0.25, 0.3) is 0 Å². The average Bonchev–Trinajstić information content (AvgIpc) is 2.39. The van der Waals surface area contributed by atoms with Crippen LogP contribution < -0.4 is 5.32 Å². The lowest BCUT2D eigenvalue weighted by Crippen LogP contribution is -2.16. The molecule has 0 fully saturated rings. The van der Waals surface area contributed by atoms with Gasteiger partial charge >= 0.3 is 0 Å². The van der Waals surface area contributed by atoms with Crippen LogP contribution in [0.15, 0.2) is 42.5 Å². The lowest BCUT2D eigenvalue weighted by atomic mass is 10.0. The molecule has 2 N–H and O–H groups in total. The Morgan fingerprint density at radius 3 is 2.26 bits per heavy atom. The van der Waals surface area contributed by atoms with E-state index in [1.54, 1.807) is 25.1 Å². The molecule has 0 aliphatic carbocycles. The molecule has 0 amide bonds. The summed E-state index contributed by atoms with van der Waals surface area (Å²) in [5.41, 5.74) is 2.27. The van der Waals surface area contributed by atoms with Crippen molar-refractivity contribution >= 4 is 5.69 Å². The summed E-state index contributed by atoms with van der Waals surface area (Å²) in [6, 6.07) is 9.94. The van der Waals surface area contributed by atoms with Crippen LogP contribution in [-0.4, -0.2) is 11.7 Å². The molecule has 1 unspecified atom stereocenters. The number of rotatable bonds is 4. The van der Waals surface area contributed by atoms with Gasteiger partial charge in [0.1, 0.15) is 11.6 Å². The summed E-state index contributed by atoms with van der Waals surface area (Å²) in [5.74, 6) is -0.621. The van der Waals surface area contributed by atoms with E-state index in [0.29, 0.717) is 5.69 Å². The van der Waals surface area contributed by atoms with Crippen molar-refractivity contribution in [2.45, 2.75) is 13.0 Å². The van der Waals surface area contributed by atoms with Crippen LogP contribution in [0, 0.1) is 18.6 Å². The highest BCUT2D eigenvalue weighted by Crippen LogP contribution is 2.23. The van der Waals surface area contributed by atoms with Crippen LogP contribution in [-0.2, 0) is 0 Å². The lowest BCUT2D eigenvalue weighted by Gasteiger charge is -2.20. The number of aliphatic hydroxyl groups excluding tert-OH is 1. The van der Waals surface area contributed by atoms with Gasteiger partial charge in [0.05, 0.1) is 12.6 Å². The first-order valence-corrected chi connectivity index (χ1v) is 5.99. The molecular weight excluding hydrogens is 248 g/mol. The number of halogens is 2. The second kappa shape index (κ2) is 5.80. The third kappa shape index (κ3) is 3.29. The highest BCUT2D eigenvalue weighted by molar-refractivity contribution is 5.46. The van der Waals surface area contributed by atoms with E-state index in [4.69, 9.17) is 0 Å². The summed E-state index contributed by atoms with van der Waals surface area (Å²) in [7, 11) is 0. The number of aryl methyl sites for hydroxylation is 1. The van der Waals surface area contributed by atoms with E-state index < -0.39 is 0 Å². The Labute approximate surface area is 110 Å². The molecule has 0 saturated heterocycles. The third-order valence-electron chi connectivity index (χ3n) is 2.97. The Morgan fingerprint density at radius 2 is 1.68 bits per heavy atom. The van der Waals surface area contributed by atoms with Crippen molar-refractivity contribution in [2.24, 2.45) is 0 Å². The van der Waals surface area contributed by atoms with Gasteiger partial charge in [0.15, 0.2) is 0 Å². The zero-order valence-electron chi connectivity index (χ0n) is 10.5. The Bertz CT molecular complexity index is 555. The highest BCUT2D eigenvalue weighted by Gasteiger charge is 2.13. The van der Waals surface area contributed by atoms with Crippen LogP contribution in [0.2, 0.25) is 0 Å². The molecule has 0 saturated carbocycles. The highest BCUT2D eigenvalue weighted by atomic mass is 19.1. The Morgan fingerprint density at radius 1 is 1.05 bits per heavy atom. The third-order valence-corrected chi connectivity index (χ3v) is 2.97. The van der Waals surface area contributed by atoms with Gasteiger partial charge in [0, 0.05) is 5.69 Å². The van der Waals surface area contributed by atoms with Gasteiger partial charge in [-0.05, 0) is 54.4 Å². The van der Waals surface area contributed by atoms with Gasteiger partial charge in [-0.3, -0.25) is 0 Å². The van der Waals surface area contributed by atoms with Crippen LogP contribution in [0.4, 0.5) is 14.5 Å². The summed E-state index contributed by atoms with van der Waals surface area (Å²) in [4.78, 5) is 0. The molecule has 0 heterocycles. The zero-order chi connectivity index (χ0) is 13.8. The second-order valence-corrected chi connectivity index (χ2v) is 4.39. The minimum atomic E-state index is -0.355. The van der Waals surface area contributed by atoms with Crippen LogP contribution in [0.1, 0.15) is 17.2 Å². The SMILES string of the molecule is Cc1cc(F)ccc1C(CO)Nc1ccc(F)cc1. The summed E-state index contributed by atoms with van der Waals surface area (Å²) in [6.45, 7) is 1.65. The number of benzene rings is 2. The van der Waals surface area contributed by atoms with E-state index >= 15 is 0 Å². The predicted molar refractivity (Wildman–Crippen MR) is 71.0 cm³/mol. The van der Waals surface area contributed by atoms with Crippen LogP contribution in [0.5, 0.6) is 0 Å². The molecule has 19 heavy (non-hydrogen) atoms. The number of aliphatic hydroxyl groups is 1. The molecule has 100 valence electrons. The van der Waals surface area contributed by atoms with Crippen LogP contribution in [0.3, 0.4) is 0 Å². The van der Waals surface area contributed by atoms with Gasteiger partial charge < -0.3 is 10.4 Å². The van der Waals surface area contributed by atoms with Gasteiger partial charge in [0.2, 0.25) is 0 Å². The van der Waals surface area contributed by atoms with Crippen molar-refractivity contribution in [3.8, 4) is 0 Å². The molecule has 2 aromatic carbocycles. The molecule has 0 radical (unpaired) electrons. The molecular formula is C15H15F2NO. The van der Waals surface area contributed by atoms with Gasteiger partial charge in [-0.15, -0.1) is 0 Å². The smallest absolute Gasteiger partial charge is 0.123 e. The minimum Gasteiger partial charge on any atom is -0.394 e. The maximum absolute atomic E-state index is 13.1. The molecule has 2 rings (SSSR count). The van der Waals surface area contributed by atoms with Crippen molar-refractivity contribution < 1.29 is 13.9 Å². The fourth-order valence-electron chi connectivity index (χ4n) is 2.00. The maximum atomic E-state index is 13.1. The largest absolute Gasteiger partial charge is 0.394 e. The van der Waals surface area contributed by atoms with Gasteiger partial charge in [-0.2, -0.15) is 0 Å². The first-order chi connectivity index (χ1) is 9.10. The average molecular weight is 263 g/mol. The van der Waals surface area contributed by atoms with E-state index in [-0.39, 0.29) is 24.3 Å². The normalized spacial score (nSPS) is 12.2. The molecule has 0 spiro atoms. The van der Waals surface area contributed by atoms with Gasteiger partial charge in [-0.25, -0.2) is 8.78 Å². The van der Waals surface area contributed by atoms with Crippen LogP contribution >= 0.6 is 0 Å². The first kappa shape index (κ1) is 13.5. The minimum absolute atomic E-state index is 0.135. The van der Waals surface area contributed by atoms with E-state index in [0.717, 1.165) is 11.1 Å². The predicted octanol–water partition coefficient (Wildman–Crippen LogP) is 3.42. The quantitative estimate of drug-likeness (QED) is 0.886. The molecule has 1 atom stereocenters. The monoisotopic (exact) mass is 263 g/mol. The molecule has 0 aliphatic heterocycles. The lowest BCUT2D eigenvalue weighted by molar-refractivity contribution is 0.276. The van der Waals surface area contributed by atoms with E-state index in [9.17, 15) is 13.9 Å². The van der Waals surface area contributed by atoms with E-state index in [1.807, 2.05) is 0 Å². The Balaban J connectivity index is 2.22. The topological polar surface area (TPSA) is 32.3 Å². The molecule has 0 aromatic heterocycles. The molecule has 2 nitrogen and oxygen atoms in total. The summed E-state index contributed by atoms with van der Waals surface area (Å²) in [6.07, 6.45) is 0. The molecule has 2 aromatic rings. The van der Waals surface area contributed by atoms with Crippen molar-refractivity contribution in [1.29, 1.82) is 0 Å². The summed E-state index contributed by atoms with van der Waals surface area (Å²) < 4.78 is 25.9. The number of nitrogens with one attached hydrogen (secondary N) is 1. The summed E-state index contributed by atoms with van der Waals surface area (Å²) >= 11 is 0. The van der Waals surface area contributed by atoms with E-state index in [2.05, 4.69) is 5.32 Å². The maximum Gasteiger partial charge on any atom is 0.123 e. The number of hydrogen-bond acceptors (Lipinski definition) is 2. The van der Waals surface area contributed by atoms with Gasteiger partial charge in [-0.1, -0.05) is 6.07 Å². The molecule has 0 bridgehead atoms. The van der Waals surface area contributed by atoms with Crippen molar-refractivity contribution in [1.82, 2.24) is 0 Å². The van der Waals surface area contributed by atoms with E-state index in [1.165, 1.54) is 24.3 Å². The molecule has 4 heteroatoms. The fourth-order valence-corrected chi connectivity index (χ4v) is 2.00. The number of hydrogen-bond donors (Lipinski definition) is 2. The summed E-state index contributed by atoms with van der Waals surface area (Å²) in [5, 5.41) is 12.6. The Hall–Kier alpha value is -1.94.